The van der Waals surface area contributed by atoms with Gasteiger partial charge in [0.2, 0.25) is 11.9 Å². The van der Waals surface area contributed by atoms with Gasteiger partial charge in [0, 0.05) is 12.4 Å². The zero-order chi connectivity index (χ0) is 42.3. The first-order chi connectivity index (χ1) is 27.2. The number of unbranched alkanes of at least 4 members (excludes halogenated alkanes) is 4. The predicted molar refractivity (Wildman–Crippen MR) is 227 cm³/mol. The molecule has 0 spiro atoms. The molecule has 0 aliphatic heterocycles. The molecule has 60 heavy (non-hydrogen) atoms. The number of pyridine rings is 2. The van der Waals surface area contributed by atoms with Crippen molar-refractivity contribution in [3.05, 3.63) is 119 Å². The summed E-state index contributed by atoms with van der Waals surface area (Å²) in [5, 5.41) is 13.6. The average molecular weight is 909 g/mol. The van der Waals surface area contributed by atoms with Crippen LogP contribution in [0.5, 0.6) is 11.5 Å². The van der Waals surface area contributed by atoms with Crippen LogP contribution < -0.4 is 15.4 Å². The minimum atomic E-state index is -0.935. The molecule has 2 aromatic heterocycles. The molecule has 0 saturated carbocycles. The van der Waals surface area contributed by atoms with Gasteiger partial charge in [-0.15, -0.1) is 11.6 Å². The molecule has 10 nitrogen and oxygen atoms in total. The fraction of sp³-hybridized carbons (Fsp3) is 0.366. The number of hydrogen-bond donors (Lipinski definition) is 3. The molecule has 332 valence electrons. The van der Waals surface area contributed by atoms with Gasteiger partial charge in [0.05, 0.1) is 29.1 Å². The quantitative estimate of drug-likeness (QED) is 0.0388. The van der Waals surface area contributed by atoms with Crippen LogP contribution in [0.2, 0.25) is 0 Å². The minimum Gasteiger partial charge on any atom is -0.503 e. The van der Waals surface area contributed by atoms with E-state index in [2.05, 4.69) is 27.5 Å². The Hall–Kier alpha value is -4.81. The average Bonchev–Trinajstić information content (AvgIpc) is 3.19. The van der Waals surface area contributed by atoms with E-state index in [1.807, 2.05) is 6.92 Å². The number of aromatic nitrogens is 2. The number of aromatic hydroxyl groups is 1. The number of nitrogens with one attached hydrogen (secondary N) is 2. The maximum atomic E-state index is 13.6. The summed E-state index contributed by atoms with van der Waals surface area (Å²) >= 11 is 5.55. The molecule has 0 unspecified atom stereocenters. The Labute approximate surface area is 364 Å². The Morgan fingerprint density at radius 3 is 1.40 bits per heavy atom. The van der Waals surface area contributed by atoms with Gasteiger partial charge >= 0.3 is 0 Å². The van der Waals surface area contributed by atoms with Gasteiger partial charge in [0.25, 0.3) is 11.8 Å². The Morgan fingerprint density at radius 1 is 0.650 bits per heavy atom. The van der Waals surface area contributed by atoms with Crippen LogP contribution >= 0.6 is 38.6 Å². The van der Waals surface area contributed by atoms with E-state index in [1.54, 1.807) is 0 Å². The van der Waals surface area contributed by atoms with Crippen molar-refractivity contribution in [1.29, 1.82) is 0 Å². The summed E-state index contributed by atoms with van der Waals surface area (Å²) in [5.41, 5.74) is 0.310. The van der Waals surface area contributed by atoms with Crippen molar-refractivity contribution in [1.82, 2.24) is 20.6 Å². The Bertz CT molecular complexity index is 1860. The SMILES string of the molecule is C.CCCCC[C@H](NC(=O)c1ccc(F)nc1)C(=O)CCl.CCCCC[C@H](NC(=O)c1ccc(F)nc1)C(=O)COc1c(F)cccc1F.Oc1c(F)cccc1F.S.S. The van der Waals surface area contributed by atoms with Crippen molar-refractivity contribution >= 4 is 62.0 Å². The molecule has 2 amide bonds. The molecule has 2 atom stereocenters. The van der Waals surface area contributed by atoms with E-state index in [0.29, 0.717) is 19.3 Å². The zero-order valence-electron chi connectivity index (χ0n) is 32.2. The van der Waals surface area contributed by atoms with Gasteiger partial charge in [-0.2, -0.15) is 35.8 Å². The topological polar surface area (TPSA) is 148 Å². The van der Waals surface area contributed by atoms with Crippen LogP contribution in [0.15, 0.2) is 73.1 Å². The first-order valence-corrected chi connectivity index (χ1v) is 18.4. The standard InChI is InChI=1S/C20H21F3N2O3.C14H18ClFN2O2.C6H4F2O.CH4.2H2S/c1-2-3-4-8-16(25-20(27)13-9-10-18(23)24-11-13)17(26)12-28-19-14(21)6-5-7-15(19)22;1-2-3-4-5-11(12(19)8-15)18-14(20)10-6-7-13(16)17-9-10;7-4-2-1-3-5(8)6(4)9;;;/h5-7,9-11,16H,2-4,8,12H2,1H3,(H,25,27);6-7,9,11H,2-5,8H2,1H3,(H,18,20);1-3,9H;1H4;2*1H2/t16-;11-;;;;/m00..../s1. The second-order valence-corrected chi connectivity index (χ2v) is 12.5. The van der Waals surface area contributed by atoms with Gasteiger partial charge in [0.15, 0.2) is 46.3 Å². The number of Topliss-reactive ketones (excluding diaryl/α,β-unsaturated/α-hetero) is 2. The summed E-state index contributed by atoms with van der Waals surface area (Å²) in [4.78, 5) is 55.3. The number of rotatable bonds is 18. The summed E-state index contributed by atoms with van der Waals surface area (Å²) in [6, 6.07) is 9.58. The molecular weight excluding hydrogens is 858 g/mol. The van der Waals surface area contributed by atoms with E-state index < -0.39 is 83.0 Å². The lowest BCUT2D eigenvalue weighted by atomic mass is 10.0. The van der Waals surface area contributed by atoms with Gasteiger partial charge < -0.3 is 20.5 Å². The van der Waals surface area contributed by atoms with E-state index in [0.717, 1.165) is 80.9 Å². The van der Waals surface area contributed by atoms with Crippen LogP contribution in [-0.4, -0.2) is 63.0 Å². The highest BCUT2D eigenvalue weighted by Crippen LogP contribution is 2.21. The van der Waals surface area contributed by atoms with E-state index in [1.165, 1.54) is 24.3 Å². The normalized spacial score (nSPS) is 10.9. The maximum absolute atomic E-state index is 13.6. The smallest absolute Gasteiger partial charge is 0.253 e. The Morgan fingerprint density at radius 2 is 1.05 bits per heavy atom. The second-order valence-electron chi connectivity index (χ2n) is 12.3. The number of hydrogen-bond acceptors (Lipinski definition) is 8. The van der Waals surface area contributed by atoms with Gasteiger partial charge in [-0.3, -0.25) is 19.2 Å². The largest absolute Gasteiger partial charge is 0.503 e. The molecule has 2 heterocycles. The van der Waals surface area contributed by atoms with Crippen molar-refractivity contribution in [2.45, 2.75) is 84.7 Å². The van der Waals surface area contributed by atoms with Gasteiger partial charge in [0.1, 0.15) is 6.61 Å². The predicted octanol–water partition coefficient (Wildman–Crippen LogP) is 9.07. The number of benzene rings is 2. The first kappa shape index (κ1) is 57.3. The number of nitrogens with zero attached hydrogens (tertiary/aromatic N) is 2. The third-order valence-electron chi connectivity index (χ3n) is 7.91. The highest BCUT2D eigenvalue weighted by molar-refractivity contribution is 7.59. The summed E-state index contributed by atoms with van der Waals surface area (Å²) in [6.07, 6.45) is 8.37. The second kappa shape index (κ2) is 31.1. The molecule has 0 saturated heterocycles. The molecule has 0 bridgehead atoms. The third kappa shape index (κ3) is 20.4. The van der Waals surface area contributed by atoms with Gasteiger partial charge in [-0.25, -0.2) is 27.5 Å². The number of halogens is 7. The van der Waals surface area contributed by atoms with E-state index in [4.69, 9.17) is 21.4 Å². The molecule has 0 aliphatic carbocycles. The van der Waals surface area contributed by atoms with Gasteiger partial charge in [-0.1, -0.05) is 71.9 Å². The van der Waals surface area contributed by atoms with Crippen LogP contribution in [0.1, 0.15) is 93.4 Å². The molecule has 4 rings (SSSR count). The summed E-state index contributed by atoms with van der Waals surface area (Å²) in [5.74, 6) is -8.58. The molecule has 0 fully saturated rings. The van der Waals surface area contributed by atoms with Crippen LogP contribution in [-0.2, 0) is 9.59 Å². The lowest BCUT2D eigenvalue weighted by Gasteiger charge is -2.18. The number of carbonyl (C=O) groups is 4. The molecule has 0 radical (unpaired) electrons. The van der Waals surface area contributed by atoms with E-state index in [9.17, 15) is 45.5 Å². The zero-order valence-corrected chi connectivity index (χ0v) is 34.9. The van der Waals surface area contributed by atoms with Crippen molar-refractivity contribution in [3.63, 3.8) is 0 Å². The Balaban J connectivity index is 0. The fourth-order valence-corrected chi connectivity index (χ4v) is 4.96. The van der Waals surface area contributed by atoms with Gasteiger partial charge in [-0.05, 0) is 61.4 Å². The number of phenols is 1. The van der Waals surface area contributed by atoms with Crippen molar-refractivity contribution in [3.8, 4) is 11.5 Å². The summed E-state index contributed by atoms with van der Waals surface area (Å²) in [6.45, 7) is 3.45. The number of para-hydroxylation sites is 2. The highest BCUT2D eigenvalue weighted by atomic mass is 35.5. The number of amides is 2. The third-order valence-corrected chi connectivity index (χ3v) is 8.17. The summed E-state index contributed by atoms with van der Waals surface area (Å²) in [7, 11) is 0. The number of phenolic OH excluding ortho intramolecular Hbond substituents is 1. The van der Waals surface area contributed by atoms with E-state index in [-0.39, 0.29) is 57.2 Å². The first-order valence-electron chi connectivity index (χ1n) is 17.9. The lowest BCUT2D eigenvalue weighted by molar-refractivity contribution is -0.123. The van der Waals surface area contributed by atoms with Crippen LogP contribution in [0.4, 0.5) is 26.3 Å². The Kier molecular flexibility index (Phi) is 29.7. The van der Waals surface area contributed by atoms with Crippen molar-refractivity contribution < 1.29 is 55.4 Å². The van der Waals surface area contributed by atoms with Crippen molar-refractivity contribution in [2.24, 2.45) is 0 Å². The number of carbonyl (C=O) groups excluding carboxylic acids is 4. The fourth-order valence-electron chi connectivity index (χ4n) is 4.77. The number of alkyl halides is 1. The maximum Gasteiger partial charge on any atom is 0.253 e. The van der Waals surface area contributed by atoms with Crippen LogP contribution in [0.3, 0.4) is 0 Å². The highest BCUT2D eigenvalue weighted by Gasteiger charge is 2.23. The van der Waals surface area contributed by atoms with E-state index >= 15 is 0 Å². The minimum absolute atomic E-state index is 0. The van der Waals surface area contributed by atoms with Crippen LogP contribution in [0, 0.1) is 35.2 Å². The lowest BCUT2D eigenvalue weighted by Crippen LogP contribution is -2.43. The molecule has 4 aromatic rings. The van der Waals surface area contributed by atoms with Crippen LogP contribution in [0.25, 0.3) is 0 Å². The summed E-state index contributed by atoms with van der Waals surface area (Å²) < 4.78 is 82.0. The number of ketones is 2. The molecule has 0 aliphatic rings. The molecule has 3 N–H and O–H groups in total. The molecular formula is C41H51ClF6N4O6S2. The number of ether oxygens (including phenoxy) is 1. The molecule has 19 heteroatoms. The molecule has 2 aromatic carbocycles. The monoisotopic (exact) mass is 908 g/mol. The van der Waals surface area contributed by atoms with Crippen molar-refractivity contribution in [2.75, 3.05) is 12.5 Å².